The van der Waals surface area contributed by atoms with Crippen molar-refractivity contribution in [3.8, 4) is 0 Å². The monoisotopic (exact) mass is 284 g/mol. The van der Waals surface area contributed by atoms with Crippen LogP contribution in [0.15, 0.2) is 0 Å². The van der Waals surface area contributed by atoms with Crippen molar-refractivity contribution < 1.29 is 14.7 Å². The van der Waals surface area contributed by atoms with E-state index in [1.54, 1.807) is 27.7 Å². The molecule has 0 bridgehead atoms. The van der Waals surface area contributed by atoms with E-state index in [1.807, 2.05) is 0 Å². The smallest absolute Gasteiger partial charge is 0.311 e. The molecule has 1 aliphatic rings. The van der Waals surface area contributed by atoms with E-state index in [4.69, 9.17) is 5.73 Å². The second kappa shape index (κ2) is 6.12. The molecular weight excluding hydrogens is 256 g/mol. The van der Waals surface area contributed by atoms with Gasteiger partial charge in [-0.05, 0) is 53.0 Å². The average Bonchev–Trinajstić information content (AvgIpc) is 2.37. The minimum atomic E-state index is -1.03. The normalized spacial score (nSPS) is 24.2. The number of carbonyl (C=O) groups is 2. The topological polar surface area (TPSA) is 92.4 Å². The van der Waals surface area contributed by atoms with Crippen molar-refractivity contribution >= 4 is 11.9 Å². The Kier molecular flexibility index (Phi) is 5.19. The second-order valence-electron chi connectivity index (χ2n) is 6.93. The predicted molar refractivity (Wildman–Crippen MR) is 78.1 cm³/mol. The zero-order valence-electron chi connectivity index (χ0n) is 13.0. The molecule has 116 valence electrons. The predicted octanol–water partition coefficient (Wildman–Crippen LogP) is 1.76. The summed E-state index contributed by atoms with van der Waals surface area (Å²) in [7, 11) is 0. The average molecular weight is 284 g/mol. The molecule has 0 saturated heterocycles. The van der Waals surface area contributed by atoms with Gasteiger partial charge in [0.2, 0.25) is 5.91 Å². The van der Waals surface area contributed by atoms with Gasteiger partial charge in [-0.3, -0.25) is 9.59 Å². The van der Waals surface area contributed by atoms with Gasteiger partial charge in [0.25, 0.3) is 0 Å². The fourth-order valence-corrected chi connectivity index (χ4v) is 2.66. The van der Waals surface area contributed by atoms with E-state index in [-0.39, 0.29) is 17.7 Å². The van der Waals surface area contributed by atoms with Crippen LogP contribution in [0.2, 0.25) is 0 Å². The molecule has 0 aliphatic heterocycles. The Morgan fingerprint density at radius 2 is 1.75 bits per heavy atom. The van der Waals surface area contributed by atoms with Crippen molar-refractivity contribution in [2.75, 3.05) is 6.54 Å². The molecule has 1 amide bonds. The fourth-order valence-electron chi connectivity index (χ4n) is 2.66. The first-order chi connectivity index (χ1) is 9.13. The van der Waals surface area contributed by atoms with Gasteiger partial charge in [0.1, 0.15) is 0 Å². The first-order valence-corrected chi connectivity index (χ1v) is 7.39. The SMILES string of the molecule is CC(C)(NC(=O)C1CCCCC1CN)C(C)(C)C(=O)O. The number of hydrogen-bond acceptors (Lipinski definition) is 3. The molecule has 2 unspecified atom stereocenters. The quantitative estimate of drug-likeness (QED) is 0.717. The van der Waals surface area contributed by atoms with E-state index >= 15 is 0 Å². The summed E-state index contributed by atoms with van der Waals surface area (Å²) in [5.41, 5.74) is 3.91. The standard InChI is InChI=1S/C15H28N2O3/c1-14(2,13(19)20)15(3,4)17-12(18)11-8-6-5-7-10(11)9-16/h10-11H,5-9,16H2,1-4H3,(H,17,18)(H,19,20). The van der Waals surface area contributed by atoms with Crippen molar-refractivity contribution in [1.82, 2.24) is 5.32 Å². The number of aliphatic carboxylic acids is 1. The molecule has 5 heteroatoms. The van der Waals surface area contributed by atoms with Crippen LogP contribution in [0.3, 0.4) is 0 Å². The zero-order chi connectivity index (χ0) is 15.6. The number of carbonyl (C=O) groups excluding carboxylic acids is 1. The Labute approximate surface area is 121 Å². The third-order valence-electron chi connectivity index (χ3n) is 5.08. The number of amides is 1. The summed E-state index contributed by atoms with van der Waals surface area (Å²) in [6, 6.07) is 0. The Morgan fingerprint density at radius 1 is 1.20 bits per heavy atom. The number of rotatable bonds is 5. The van der Waals surface area contributed by atoms with Crippen LogP contribution in [0, 0.1) is 17.3 Å². The summed E-state index contributed by atoms with van der Waals surface area (Å²) in [4.78, 5) is 23.9. The minimum Gasteiger partial charge on any atom is -0.481 e. The van der Waals surface area contributed by atoms with Gasteiger partial charge in [0.05, 0.1) is 5.41 Å². The highest BCUT2D eigenvalue weighted by Crippen LogP contribution is 2.34. The highest BCUT2D eigenvalue weighted by Gasteiger charge is 2.45. The summed E-state index contributed by atoms with van der Waals surface area (Å²) in [6.45, 7) is 7.31. The van der Waals surface area contributed by atoms with Crippen LogP contribution in [0.5, 0.6) is 0 Å². The summed E-state index contributed by atoms with van der Waals surface area (Å²) in [5, 5.41) is 12.3. The minimum absolute atomic E-state index is 0.0560. The van der Waals surface area contributed by atoms with Crippen molar-refractivity contribution in [2.24, 2.45) is 23.0 Å². The van der Waals surface area contributed by atoms with Crippen LogP contribution in [-0.4, -0.2) is 29.1 Å². The lowest BCUT2D eigenvalue weighted by atomic mass is 9.73. The molecule has 0 spiro atoms. The summed E-state index contributed by atoms with van der Waals surface area (Å²) in [6.07, 6.45) is 3.99. The third-order valence-corrected chi connectivity index (χ3v) is 5.08. The number of carboxylic acid groups (broad SMARTS) is 1. The second-order valence-corrected chi connectivity index (χ2v) is 6.93. The molecule has 0 heterocycles. The number of carboxylic acids is 1. The fraction of sp³-hybridized carbons (Fsp3) is 0.867. The van der Waals surface area contributed by atoms with Crippen molar-refractivity contribution in [3.63, 3.8) is 0 Å². The molecular formula is C15H28N2O3. The van der Waals surface area contributed by atoms with Gasteiger partial charge in [-0.15, -0.1) is 0 Å². The molecule has 0 radical (unpaired) electrons. The van der Waals surface area contributed by atoms with Gasteiger partial charge in [-0.25, -0.2) is 0 Å². The molecule has 1 saturated carbocycles. The molecule has 0 aromatic carbocycles. The molecule has 2 atom stereocenters. The molecule has 1 aliphatic carbocycles. The van der Waals surface area contributed by atoms with Crippen LogP contribution in [0.1, 0.15) is 53.4 Å². The lowest BCUT2D eigenvalue weighted by Crippen LogP contribution is -2.58. The van der Waals surface area contributed by atoms with E-state index in [1.165, 1.54) is 0 Å². The highest BCUT2D eigenvalue weighted by atomic mass is 16.4. The molecule has 1 fully saturated rings. The molecule has 0 aromatic rings. The van der Waals surface area contributed by atoms with Crippen LogP contribution < -0.4 is 11.1 Å². The van der Waals surface area contributed by atoms with Gasteiger partial charge in [0, 0.05) is 11.5 Å². The summed E-state index contributed by atoms with van der Waals surface area (Å²) in [5.74, 6) is -0.841. The molecule has 1 rings (SSSR count). The third kappa shape index (κ3) is 3.32. The lowest BCUT2D eigenvalue weighted by molar-refractivity contribution is -0.152. The summed E-state index contributed by atoms with van der Waals surface area (Å²) < 4.78 is 0. The highest BCUT2D eigenvalue weighted by molar-refractivity contribution is 5.82. The van der Waals surface area contributed by atoms with Gasteiger partial charge in [-0.2, -0.15) is 0 Å². The summed E-state index contributed by atoms with van der Waals surface area (Å²) >= 11 is 0. The van der Waals surface area contributed by atoms with Gasteiger partial charge >= 0.3 is 5.97 Å². The van der Waals surface area contributed by atoms with E-state index in [2.05, 4.69) is 5.32 Å². The Balaban J connectivity index is 2.80. The van der Waals surface area contributed by atoms with Crippen molar-refractivity contribution in [2.45, 2.75) is 58.9 Å². The molecule has 20 heavy (non-hydrogen) atoms. The Hall–Kier alpha value is -1.10. The molecule has 5 nitrogen and oxygen atoms in total. The van der Waals surface area contributed by atoms with E-state index in [9.17, 15) is 14.7 Å². The molecule has 0 aromatic heterocycles. The van der Waals surface area contributed by atoms with E-state index in [0.717, 1.165) is 25.7 Å². The number of nitrogens with one attached hydrogen (secondary N) is 1. The van der Waals surface area contributed by atoms with Gasteiger partial charge in [0.15, 0.2) is 0 Å². The zero-order valence-corrected chi connectivity index (χ0v) is 13.0. The van der Waals surface area contributed by atoms with Crippen LogP contribution >= 0.6 is 0 Å². The largest absolute Gasteiger partial charge is 0.481 e. The van der Waals surface area contributed by atoms with Crippen LogP contribution in [0.25, 0.3) is 0 Å². The Morgan fingerprint density at radius 3 is 2.25 bits per heavy atom. The van der Waals surface area contributed by atoms with E-state index in [0.29, 0.717) is 6.54 Å². The first kappa shape index (κ1) is 17.0. The number of hydrogen-bond donors (Lipinski definition) is 3. The maximum absolute atomic E-state index is 12.5. The Bertz CT molecular complexity index is 377. The van der Waals surface area contributed by atoms with Crippen molar-refractivity contribution in [3.05, 3.63) is 0 Å². The maximum Gasteiger partial charge on any atom is 0.311 e. The lowest BCUT2D eigenvalue weighted by Gasteiger charge is -2.41. The van der Waals surface area contributed by atoms with Crippen molar-refractivity contribution in [1.29, 1.82) is 0 Å². The van der Waals surface area contributed by atoms with Gasteiger partial charge in [-0.1, -0.05) is 12.8 Å². The van der Waals surface area contributed by atoms with Crippen LogP contribution in [0.4, 0.5) is 0 Å². The van der Waals surface area contributed by atoms with Gasteiger partial charge < -0.3 is 16.2 Å². The molecule has 4 N–H and O–H groups in total. The maximum atomic E-state index is 12.5. The van der Waals surface area contributed by atoms with E-state index < -0.39 is 16.9 Å². The van der Waals surface area contributed by atoms with Crippen LogP contribution in [-0.2, 0) is 9.59 Å². The first-order valence-electron chi connectivity index (χ1n) is 7.39. The number of nitrogens with two attached hydrogens (primary N) is 1.